The van der Waals surface area contributed by atoms with Crippen LogP contribution in [0.25, 0.3) is 0 Å². The molecule has 1 nitrogen and oxygen atoms in total. The average Bonchev–Trinajstić information content (AvgIpc) is 2.50. The van der Waals surface area contributed by atoms with Crippen molar-refractivity contribution in [3.8, 4) is 0 Å². The molecule has 0 aliphatic carbocycles. The highest BCUT2D eigenvalue weighted by molar-refractivity contribution is 4.60. The lowest BCUT2D eigenvalue weighted by molar-refractivity contribution is -0.896. The van der Waals surface area contributed by atoms with Gasteiger partial charge in [-0.1, -0.05) is 90.9 Å². The van der Waals surface area contributed by atoms with Crippen molar-refractivity contribution in [3.05, 3.63) is 0 Å². The zero-order valence-electron chi connectivity index (χ0n) is 17.7. The molecule has 0 N–H and O–H groups in total. The van der Waals surface area contributed by atoms with E-state index in [-0.39, 0.29) is 17.0 Å². The minimum absolute atomic E-state index is 0. The maximum absolute atomic E-state index is 2.40. The molecule has 0 spiro atoms. The number of unbranched alkanes of at least 4 members (excludes halogenated alkanes) is 12. The third-order valence-corrected chi connectivity index (χ3v) is 5.38. The first-order valence-corrected chi connectivity index (χ1v) is 10.8. The number of hydrogen-bond donors (Lipinski definition) is 0. The Hall–Kier alpha value is 0.440. The number of quaternary nitrogens is 1. The average molecular weight is 407 g/mol. The highest BCUT2D eigenvalue weighted by Gasteiger charge is 2.22. The molecule has 0 saturated carbocycles. The van der Waals surface area contributed by atoms with Crippen LogP contribution < -0.4 is 17.0 Å². The summed E-state index contributed by atoms with van der Waals surface area (Å²) < 4.78 is 1.16. The highest BCUT2D eigenvalue weighted by Crippen LogP contribution is 2.20. The lowest BCUT2D eigenvalue weighted by atomic mass is 9.98. The van der Waals surface area contributed by atoms with Gasteiger partial charge in [0.25, 0.3) is 0 Å². The SMILES string of the molecule is CCCCCCCCCC(CCCCCCCCC)[N+](C)(C)C.[Br-]. The second kappa shape index (κ2) is 18.2. The molecule has 0 fully saturated rings. The van der Waals surface area contributed by atoms with E-state index < -0.39 is 0 Å². The Morgan fingerprint density at radius 2 is 0.792 bits per heavy atom. The molecular weight excluding hydrogens is 358 g/mol. The molecule has 0 bridgehead atoms. The molecule has 0 aromatic heterocycles. The zero-order chi connectivity index (χ0) is 17.4. The topological polar surface area (TPSA) is 0 Å². The van der Waals surface area contributed by atoms with Crippen LogP contribution in [-0.4, -0.2) is 31.7 Å². The molecule has 0 unspecified atom stereocenters. The summed E-state index contributed by atoms with van der Waals surface area (Å²) in [4.78, 5) is 0. The van der Waals surface area contributed by atoms with Gasteiger partial charge in [-0.15, -0.1) is 0 Å². The molecule has 0 aliphatic heterocycles. The first kappa shape index (κ1) is 26.7. The van der Waals surface area contributed by atoms with E-state index in [0.29, 0.717) is 0 Å². The van der Waals surface area contributed by atoms with Gasteiger partial charge in [-0.25, -0.2) is 0 Å². The predicted molar refractivity (Wildman–Crippen MR) is 107 cm³/mol. The summed E-state index contributed by atoms with van der Waals surface area (Å²) in [5.74, 6) is 0. The summed E-state index contributed by atoms with van der Waals surface area (Å²) in [6.45, 7) is 4.60. The van der Waals surface area contributed by atoms with Crippen LogP contribution in [0.4, 0.5) is 0 Å². The van der Waals surface area contributed by atoms with Crippen molar-refractivity contribution < 1.29 is 21.5 Å². The summed E-state index contributed by atoms with van der Waals surface area (Å²) >= 11 is 0. The van der Waals surface area contributed by atoms with E-state index in [4.69, 9.17) is 0 Å². The van der Waals surface area contributed by atoms with Gasteiger partial charge >= 0.3 is 0 Å². The van der Waals surface area contributed by atoms with Crippen LogP contribution in [0.15, 0.2) is 0 Å². The normalized spacial score (nSPS) is 11.8. The van der Waals surface area contributed by atoms with E-state index >= 15 is 0 Å². The number of nitrogens with zero attached hydrogens (tertiary/aromatic N) is 1. The second-order valence-corrected chi connectivity index (χ2v) is 8.59. The van der Waals surface area contributed by atoms with Crippen LogP contribution in [0.1, 0.15) is 117 Å². The first-order valence-electron chi connectivity index (χ1n) is 10.8. The van der Waals surface area contributed by atoms with Crippen LogP contribution in [0, 0.1) is 0 Å². The van der Waals surface area contributed by atoms with Crippen molar-refractivity contribution in [1.82, 2.24) is 0 Å². The minimum Gasteiger partial charge on any atom is -1.00 e. The molecule has 0 heterocycles. The van der Waals surface area contributed by atoms with E-state index in [9.17, 15) is 0 Å². The van der Waals surface area contributed by atoms with Gasteiger partial charge in [-0.3, -0.25) is 0 Å². The molecule has 0 saturated heterocycles. The Morgan fingerprint density at radius 1 is 0.500 bits per heavy atom. The summed E-state index contributed by atoms with van der Waals surface area (Å²) in [6, 6.07) is 0.876. The van der Waals surface area contributed by atoms with Crippen LogP contribution in [0.5, 0.6) is 0 Å². The molecule has 2 heteroatoms. The maximum atomic E-state index is 2.40. The smallest absolute Gasteiger partial charge is 0.0884 e. The fraction of sp³-hybridized carbons (Fsp3) is 1.00. The molecular formula is C22H48BrN. The minimum atomic E-state index is 0. The van der Waals surface area contributed by atoms with Crippen LogP contribution >= 0.6 is 0 Å². The lowest BCUT2D eigenvalue weighted by Gasteiger charge is -2.34. The number of hydrogen-bond acceptors (Lipinski definition) is 0. The molecule has 0 rings (SSSR count). The standard InChI is InChI=1S/C22H48N.BrH/c1-6-8-10-12-14-16-18-20-22(23(3,4)5)21-19-17-15-13-11-9-7-2;/h22H,6-21H2,1-5H3;1H/q+1;/p-1. The molecule has 0 radical (unpaired) electrons. The van der Waals surface area contributed by atoms with Crippen LogP contribution in [0.2, 0.25) is 0 Å². The molecule has 0 atom stereocenters. The van der Waals surface area contributed by atoms with Gasteiger partial charge in [0.05, 0.1) is 27.2 Å². The Balaban J connectivity index is 0. The van der Waals surface area contributed by atoms with Crippen LogP contribution in [-0.2, 0) is 0 Å². The van der Waals surface area contributed by atoms with Gasteiger partial charge in [0, 0.05) is 0 Å². The van der Waals surface area contributed by atoms with E-state index in [2.05, 4.69) is 35.0 Å². The van der Waals surface area contributed by atoms with Crippen molar-refractivity contribution in [2.24, 2.45) is 0 Å². The first-order chi connectivity index (χ1) is 11.0. The number of rotatable bonds is 17. The lowest BCUT2D eigenvalue weighted by Crippen LogP contribution is -3.00. The fourth-order valence-electron chi connectivity index (χ4n) is 3.59. The Kier molecular flexibility index (Phi) is 20.3. The van der Waals surface area contributed by atoms with Gasteiger partial charge in [0.15, 0.2) is 0 Å². The van der Waals surface area contributed by atoms with Gasteiger partial charge in [0.1, 0.15) is 0 Å². The third-order valence-electron chi connectivity index (χ3n) is 5.38. The molecule has 0 aliphatic rings. The fourth-order valence-corrected chi connectivity index (χ4v) is 3.59. The summed E-state index contributed by atoms with van der Waals surface area (Å²) in [6.07, 6.45) is 23.0. The Morgan fingerprint density at radius 3 is 1.08 bits per heavy atom. The van der Waals surface area contributed by atoms with Crippen molar-refractivity contribution >= 4 is 0 Å². The van der Waals surface area contributed by atoms with Crippen LogP contribution in [0.3, 0.4) is 0 Å². The van der Waals surface area contributed by atoms with Gasteiger partial charge in [-0.05, 0) is 25.7 Å². The van der Waals surface area contributed by atoms with Gasteiger partial charge in [0.2, 0.25) is 0 Å². The Bertz CT molecular complexity index is 217. The summed E-state index contributed by atoms with van der Waals surface area (Å²) in [7, 11) is 7.19. The largest absolute Gasteiger partial charge is 1.00 e. The summed E-state index contributed by atoms with van der Waals surface area (Å²) in [5.41, 5.74) is 0. The van der Waals surface area contributed by atoms with E-state index in [1.807, 2.05) is 0 Å². The number of halogens is 1. The van der Waals surface area contributed by atoms with Crippen molar-refractivity contribution in [2.75, 3.05) is 21.1 Å². The third kappa shape index (κ3) is 17.3. The van der Waals surface area contributed by atoms with Crippen molar-refractivity contribution in [3.63, 3.8) is 0 Å². The maximum Gasteiger partial charge on any atom is 0.0884 e. The molecule has 0 amide bonds. The molecule has 24 heavy (non-hydrogen) atoms. The molecule has 148 valence electrons. The highest BCUT2D eigenvalue weighted by atomic mass is 79.9. The van der Waals surface area contributed by atoms with E-state index in [0.717, 1.165) is 10.5 Å². The second-order valence-electron chi connectivity index (χ2n) is 8.59. The molecule has 0 aromatic carbocycles. The predicted octanol–water partition coefficient (Wildman–Crippen LogP) is 4.35. The quantitative estimate of drug-likeness (QED) is 0.249. The van der Waals surface area contributed by atoms with E-state index in [1.165, 1.54) is 103 Å². The Labute approximate surface area is 165 Å². The van der Waals surface area contributed by atoms with E-state index in [1.54, 1.807) is 0 Å². The summed E-state index contributed by atoms with van der Waals surface area (Å²) in [5, 5.41) is 0. The van der Waals surface area contributed by atoms with Gasteiger partial charge < -0.3 is 21.5 Å². The van der Waals surface area contributed by atoms with Crippen molar-refractivity contribution in [2.45, 2.75) is 123 Å². The molecule has 0 aromatic rings. The monoisotopic (exact) mass is 405 g/mol. The van der Waals surface area contributed by atoms with Gasteiger partial charge in [-0.2, -0.15) is 0 Å². The zero-order valence-corrected chi connectivity index (χ0v) is 19.3. The van der Waals surface area contributed by atoms with Crippen molar-refractivity contribution in [1.29, 1.82) is 0 Å².